The van der Waals surface area contributed by atoms with Crippen LogP contribution < -0.4 is 18.9 Å². The van der Waals surface area contributed by atoms with Crippen LogP contribution in [0.1, 0.15) is 11.1 Å². The van der Waals surface area contributed by atoms with Gasteiger partial charge in [-0.15, -0.1) is 0 Å². The molecule has 2 aromatic rings. The second-order valence-corrected chi connectivity index (χ2v) is 6.42. The number of ether oxygens (including phenoxy) is 6. The zero-order valence-corrected chi connectivity index (χ0v) is 16.6. The molecule has 0 radical (unpaired) electrons. The first-order valence-electron chi connectivity index (χ1n) is 9.61. The molecule has 0 aromatic heterocycles. The number of hydrogen-bond acceptors (Lipinski definition) is 6. The molecule has 0 spiro atoms. The van der Waals surface area contributed by atoms with Gasteiger partial charge in [-0.2, -0.15) is 0 Å². The molecule has 0 unspecified atom stereocenters. The molecule has 2 aromatic carbocycles. The quantitative estimate of drug-likeness (QED) is 0.688. The molecule has 0 saturated heterocycles. The van der Waals surface area contributed by atoms with Gasteiger partial charge in [-0.3, -0.25) is 0 Å². The van der Waals surface area contributed by atoms with Crippen molar-refractivity contribution in [2.75, 3.05) is 52.9 Å². The predicted octanol–water partition coefficient (Wildman–Crippen LogP) is 3.57. The Kier molecular flexibility index (Phi) is 7.82. The third-order valence-corrected chi connectivity index (χ3v) is 4.27. The van der Waals surface area contributed by atoms with Crippen molar-refractivity contribution in [3.63, 3.8) is 0 Å². The molecule has 6 nitrogen and oxygen atoms in total. The lowest BCUT2D eigenvalue weighted by molar-refractivity contribution is 0.0637. The molecule has 1 aliphatic heterocycles. The zero-order chi connectivity index (χ0) is 19.6. The maximum atomic E-state index is 5.88. The van der Waals surface area contributed by atoms with Gasteiger partial charge in [0.15, 0.2) is 23.0 Å². The molecular weight excluding hydrogens is 360 g/mol. The van der Waals surface area contributed by atoms with Crippen molar-refractivity contribution in [2.45, 2.75) is 13.8 Å². The van der Waals surface area contributed by atoms with Gasteiger partial charge in [-0.05, 0) is 37.1 Å². The molecule has 0 fully saturated rings. The highest BCUT2D eigenvalue weighted by Crippen LogP contribution is 2.31. The molecule has 1 aliphatic rings. The monoisotopic (exact) mass is 388 g/mol. The van der Waals surface area contributed by atoms with Crippen molar-refractivity contribution in [1.29, 1.82) is 0 Å². The van der Waals surface area contributed by atoms with E-state index in [1.165, 1.54) is 0 Å². The SMILES string of the molecule is Cc1cccc2c1OCCOCCOc1cccc(C)c1OCCOCCO2. The number of para-hydroxylation sites is 2. The number of rotatable bonds is 0. The lowest BCUT2D eigenvalue weighted by Gasteiger charge is -2.17. The molecule has 0 atom stereocenters. The van der Waals surface area contributed by atoms with Crippen molar-refractivity contribution >= 4 is 0 Å². The first-order valence-corrected chi connectivity index (χ1v) is 9.61. The van der Waals surface area contributed by atoms with Gasteiger partial charge in [0, 0.05) is 0 Å². The van der Waals surface area contributed by atoms with Gasteiger partial charge < -0.3 is 28.4 Å². The first kappa shape index (κ1) is 20.3. The van der Waals surface area contributed by atoms with Crippen LogP contribution in [0, 0.1) is 13.8 Å². The van der Waals surface area contributed by atoms with Crippen LogP contribution in [0.2, 0.25) is 0 Å². The van der Waals surface area contributed by atoms with Crippen LogP contribution in [0.5, 0.6) is 23.0 Å². The maximum Gasteiger partial charge on any atom is 0.164 e. The molecule has 0 bridgehead atoms. The molecule has 0 N–H and O–H groups in total. The van der Waals surface area contributed by atoms with Crippen molar-refractivity contribution in [3.05, 3.63) is 47.5 Å². The van der Waals surface area contributed by atoms with Gasteiger partial charge in [-0.1, -0.05) is 24.3 Å². The number of benzene rings is 2. The summed E-state index contributed by atoms with van der Waals surface area (Å²) in [4.78, 5) is 0. The second-order valence-electron chi connectivity index (χ2n) is 6.42. The zero-order valence-electron chi connectivity index (χ0n) is 16.6. The summed E-state index contributed by atoms with van der Waals surface area (Å²) in [5, 5.41) is 0. The minimum Gasteiger partial charge on any atom is -0.487 e. The Hall–Kier alpha value is -2.44. The van der Waals surface area contributed by atoms with Crippen LogP contribution in [-0.2, 0) is 9.47 Å². The van der Waals surface area contributed by atoms with Crippen molar-refractivity contribution < 1.29 is 28.4 Å². The van der Waals surface area contributed by atoms with E-state index in [1.54, 1.807) is 0 Å². The fraction of sp³-hybridized carbons (Fsp3) is 0.455. The standard InChI is InChI=1S/C22H28O6/c1-17-5-3-7-19-21(17)27-15-11-23-10-14-26-20-8-4-6-18(2)22(20)28-16-12-24-9-13-25-19/h3-8H,9-16H2,1-2H3. The van der Waals surface area contributed by atoms with Crippen LogP contribution >= 0.6 is 0 Å². The molecule has 6 heteroatoms. The highest BCUT2D eigenvalue weighted by atomic mass is 16.6. The maximum absolute atomic E-state index is 5.88. The summed E-state index contributed by atoms with van der Waals surface area (Å²) >= 11 is 0. The summed E-state index contributed by atoms with van der Waals surface area (Å²) in [6, 6.07) is 11.7. The van der Waals surface area contributed by atoms with Gasteiger partial charge in [0.1, 0.15) is 26.4 Å². The molecule has 152 valence electrons. The highest BCUT2D eigenvalue weighted by molar-refractivity contribution is 5.46. The van der Waals surface area contributed by atoms with E-state index in [9.17, 15) is 0 Å². The third kappa shape index (κ3) is 5.78. The van der Waals surface area contributed by atoms with Gasteiger partial charge in [0.25, 0.3) is 0 Å². The smallest absolute Gasteiger partial charge is 0.164 e. The summed E-state index contributed by atoms with van der Waals surface area (Å²) in [5.74, 6) is 2.93. The van der Waals surface area contributed by atoms with Crippen LogP contribution in [0.4, 0.5) is 0 Å². The highest BCUT2D eigenvalue weighted by Gasteiger charge is 2.10. The lowest BCUT2D eigenvalue weighted by atomic mass is 10.2. The summed E-state index contributed by atoms with van der Waals surface area (Å²) in [7, 11) is 0. The predicted molar refractivity (Wildman–Crippen MR) is 106 cm³/mol. The molecule has 28 heavy (non-hydrogen) atoms. The van der Waals surface area contributed by atoms with Crippen LogP contribution in [0.15, 0.2) is 36.4 Å². The van der Waals surface area contributed by atoms with Gasteiger partial charge >= 0.3 is 0 Å². The Bertz CT molecular complexity index is 682. The van der Waals surface area contributed by atoms with E-state index < -0.39 is 0 Å². The van der Waals surface area contributed by atoms with Gasteiger partial charge in [0.05, 0.1) is 26.4 Å². The Morgan fingerprint density at radius 2 is 0.893 bits per heavy atom. The van der Waals surface area contributed by atoms with Crippen LogP contribution in [-0.4, -0.2) is 52.9 Å². The van der Waals surface area contributed by atoms with E-state index in [2.05, 4.69) is 0 Å². The van der Waals surface area contributed by atoms with E-state index in [1.807, 2.05) is 50.2 Å². The Balaban J connectivity index is 1.62. The topological polar surface area (TPSA) is 55.4 Å². The molecule has 0 saturated carbocycles. The molecule has 0 amide bonds. The van der Waals surface area contributed by atoms with Crippen molar-refractivity contribution in [3.8, 4) is 23.0 Å². The second kappa shape index (κ2) is 10.8. The van der Waals surface area contributed by atoms with Gasteiger partial charge in [-0.25, -0.2) is 0 Å². The first-order chi connectivity index (χ1) is 13.8. The van der Waals surface area contributed by atoms with E-state index in [4.69, 9.17) is 28.4 Å². The van der Waals surface area contributed by atoms with Crippen molar-refractivity contribution in [2.24, 2.45) is 0 Å². The van der Waals surface area contributed by atoms with Gasteiger partial charge in [0.2, 0.25) is 0 Å². The normalized spacial score (nSPS) is 16.6. The summed E-state index contributed by atoms with van der Waals surface area (Å²) in [6.07, 6.45) is 0. The van der Waals surface area contributed by atoms with E-state index in [0.29, 0.717) is 64.4 Å². The summed E-state index contributed by atoms with van der Waals surface area (Å²) in [5.41, 5.74) is 2.05. The average Bonchev–Trinajstić information content (AvgIpc) is 2.69. The summed E-state index contributed by atoms with van der Waals surface area (Å²) in [6.45, 7) is 7.63. The fourth-order valence-electron chi connectivity index (χ4n) is 2.88. The van der Waals surface area contributed by atoms with Crippen LogP contribution in [0.25, 0.3) is 0 Å². The average molecular weight is 388 g/mol. The minimum absolute atomic E-state index is 0.440. The summed E-state index contributed by atoms with van der Waals surface area (Å²) < 4.78 is 34.7. The lowest BCUT2D eigenvalue weighted by Crippen LogP contribution is -2.16. The van der Waals surface area contributed by atoms with Crippen LogP contribution in [0.3, 0.4) is 0 Å². The Morgan fingerprint density at radius 1 is 0.500 bits per heavy atom. The molecule has 0 aliphatic carbocycles. The fourth-order valence-corrected chi connectivity index (χ4v) is 2.88. The van der Waals surface area contributed by atoms with E-state index >= 15 is 0 Å². The Morgan fingerprint density at radius 3 is 1.32 bits per heavy atom. The number of fused-ring (bicyclic) bond motifs is 2. The largest absolute Gasteiger partial charge is 0.487 e. The molecular formula is C22H28O6. The molecule has 1 heterocycles. The van der Waals surface area contributed by atoms with E-state index in [-0.39, 0.29) is 0 Å². The molecule has 3 rings (SSSR count). The third-order valence-electron chi connectivity index (χ3n) is 4.27. The Labute approximate surface area is 166 Å². The van der Waals surface area contributed by atoms with E-state index in [0.717, 1.165) is 22.6 Å². The number of hydrogen-bond donors (Lipinski definition) is 0. The van der Waals surface area contributed by atoms with Crippen molar-refractivity contribution in [1.82, 2.24) is 0 Å². The minimum atomic E-state index is 0.440. The number of aryl methyl sites for hydroxylation is 2.